The molecule has 0 aromatic heterocycles. The molecule has 4 unspecified atom stereocenters. The predicted molar refractivity (Wildman–Crippen MR) is 98.7 cm³/mol. The van der Waals surface area contributed by atoms with Gasteiger partial charge in [-0.05, 0) is 91.2 Å². The standard InChI is InChI=1S/C23H26O2/c24-21-7-3-17(4-8-21)23(18-5-9-22(25)10-6-18)19-2-1-15-11-16(13-19)14-20(23)12-15/h3-10,15-16,19-20,24-25H,1-2,11-14H2. The maximum absolute atomic E-state index is 9.82. The summed E-state index contributed by atoms with van der Waals surface area (Å²) in [6.07, 6.45) is 8.10. The molecule has 2 aromatic rings. The van der Waals surface area contributed by atoms with Gasteiger partial charge in [-0.2, -0.15) is 0 Å². The van der Waals surface area contributed by atoms with Crippen molar-refractivity contribution >= 4 is 0 Å². The first kappa shape index (κ1) is 15.3. The molecule has 0 aliphatic heterocycles. The molecule has 0 spiro atoms. The first-order valence-corrected chi connectivity index (χ1v) is 9.75. The molecule has 4 fully saturated rings. The van der Waals surface area contributed by atoms with E-state index in [2.05, 4.69) is 24.3 Å². The van der Waals surface area contributed by atoms with Crippen molar-refractivity contribution in [1.82, 2.24) is 0 Å². The molecule has 2 N–H and O–H groups in total. The molecule has 25 heavy (non-hydrogen) atoms. The monoisotopic (exact) mass is 334 g/mol. The summed E-state index contributed by atoms with van der Waals surface area (Å²) in [5.41, 5.74) is 2.74. The van der Waals surface area contributed by atoms with Gasteiger partial charge in [-0.25, -0.2) is 0 Å². The Morgan fingerprint density at radius 3 is 1.72 bits per heavy atom. The van der Waals surface area contributed by atoms with Gasteiger partial charge in [-0.15, -0.1) is 0 Å². The molecule has 0 amide bonds. The van der Waals surface area contributed by atoms with Crippen LogP contribution in [-0.4, -0.2) is 10.2 Å². The van der Waals surface area contributed by atoms with Crippen LogP contribution < -0.4 is 0 Å². The molecule has 0 radical (unpaired) electrons. The Hall–Kier alpha value is -1.96. The number of hydrogen-bond acceptors (Lipinski definition) is 2. The third kappa shape index (κ3) is 2.23. The van der Waals surface area contributed by atoms with Crippen LogP contribution in [0.3, 0.4) is 0 Å². The van der Waals surface area contributed by atoms with E-state index in [-0.39, 0.29) is 5.41 Å². The fourth-order valence-electron chi connectivity index (χ4n) is 6.65. The van der Waals surface area contributed by atoms with Crippen molar-refractivity contribution in [3.8, 4) is 11.5 Å². The summed E-state index contributed by atoms with van der Waals surface area (Å²) in [5.74, 6) is 3.81. The molecule has 2 aromatic carbocycles. The van der Waals surface area contributed by atoms with Crippen LogP contribution in [0.2, 0.25) is 0 Å². The highest BCUT2D eigenvalue weighted by atomic mass is 16.3. The molecule has 130 valence electrons. The van der Waals surface area contributed by atoms with E-state index >= 15 is 0 Å². The average molecular weight is 334 g/mol. The fourth-order valence-corrected chi connectivity index (χ4v) is 6.65. The summed E-state index contributed by atoms with van der Waals surface area (Å²) in [6.45, 7) is 0. The fraction of sp³-hybridized carbons (Fsp3) is 0.478. The van der Waals surface area contributed by atoms with Crippen LogP contribution in [-0.2, 0) is 5.41 Å². The van der Waals surface area contributed by atoms with Gasteiger partial charge in [0.1, 0.15) is 11.5 Å². The number of phenolic OH excluding ortho intramolecular Hbond substituents is 2. The summed E-state index contributed by atoms with van der Waals surface area (Å²) < 4.78 is 0. The molecule has 4 aliphatic carbocycles. The van der Waals surface area contributed by atoms with Gasteiger partial charge in [-0.3, -0.25) is 0 Å². The van der Waals surface area contributed by atoms with E-state index in [1.807, 2.05) is 24.3 Å². The zero-order valence-electron chi connectivity index (χ0n) is 14.6. The quantitative estimate of drug-likeness (QED) is 0.789. The summed E-state index contributed by atoms with van der Waals surface area (Å²) in [4.78, 5) is 0. The number of benzene rings is 2. The minimum Gasteiger partial charge on any atom is -0.508 e. The van der Waals surface area contributed by atoms with E-state index in [4.69, 9.17) is 0 Å². The van der Waals surface area contributed by atoms with Crippen molar-refractivity contribution in [3.05, 3.63) is 59.7 Å². The highest BCUT2D eigenvalue weighted by Crippen LogP contribution is 2.63. The lowest BCUT2D eigenvalue weighted by molar-refractivity contribution is 0.0591. The summed E-state index contributed by atoms with van der Waals surface area (Å²) in [6, 6.07) is 16.0. The number of phenols is 2. The molecule has 0 heterocycles. The van der Waals surface area contributed by atoms with Crippen molar-refractivity contribution < 1.29 is 10.2 Å². The lowest BCUT2D eigenvalue weighted by Crippen LogP contribution is -2.49. The first-order chi connectivity index (χ1) is 12.2. The van der Waals surface area contributed by atoms with Crippen LogP contribution >= 0.6 is 0 Å². The number of aromatic hydroxyl groups is 2. The Kier molecular flexibility index (Phi) is 3.38. The average Bonchev–Trinajstić information content (AvgIpc) is 2.82. The highest BCUT2D eigenvalue weighted by Gasteiger charge is 2.56. The molecular formula is C23H26O2. The van der Waals surface area contributed by atoms with Crippen LogP contribution in [0.25, 0.3) is 0 Å². The van der Waals surface area contributed by atoms with E-state index in [1.54, 1.807) is 0 Å². The van der Waals surface area contributed by atoms with Crippen molar-refractivity contribution in [1.29, 1.82) is 0 Å². The van der Waals surface area contributed by atoms with Crippen LogP contribution in [0.4, 0.5) is 0 Å². The lowest BCUT2D eigenvalue weighted by Gasteiger charge is -2.54. The zero-order chi connectivity index (χ0) is 17.0. The summed E-state index contributed by atoms with van der Waals surface area (Å²) >= 11 is 0. The van der Waals surface area contributed by atoms with Gasteiger partial charge >= 0.3 is 0 Å². The van der Waals surface area contributed by atoms with Crippen molar-refractivity contribution in [3.63, 3.8) is 0 Å². The van der Waals surface area contributed by atoms with Gasteiger partial charge in [0.2, 0.25) is 0 Å². The first-order valence-electron chi connectivity index (χ1n) is 9.75. The number of rotatable bonds is 2. The number of hydrogen-bond donors (Lipinski definition) is 2. The molecule has 6 rings (SSSR count). The van der Waals surface area contributed by atoms with Gasteiger partial charge in [0.05, 0.1) is 0 Å². The molecule has 4 saturated carbocycles. The zero-order valence-corrected chi connectivity index (χ0v) is 14.6. The third-order valence-corrected chi connectivity index (χ3v) is 7.42. The second-order valence-electron chi connectivity index (χ2n) is 8.61. The Bertz CT molecular complexity index is 706. The van der Waals surface area contributed by atoms with E-state index in [9.17, 15) is 10.2 Å². The van der Waals surface area contributed by atoms with Crippen LogP contribution in [0.1, 0.15) is 49.7 Å². The Labute approximate surface area is 149 Å². The van der Waals surface area contributed by atoms with Crippen LogP contribution in [0, 0.1) is 23.7 Å². The summed E-state index contributed by atoms with van der Waals surface area (Å²) in [5, 5.41) is 19.6. The normalized spacial score (nSPS) is 32.5. The van der Waals surface area contributed by atoms with Crippen molar-refractivity contribution in [2.75, 3.05) is 0 Å². The van der Waals surface area contributed by atoms with Gasteiger partial charge < -0.3 is 10.2 Å². The van der Waals surface area contributed by atoms with E-state index in [0.717, 1.165) is 11.8 Å². The largest absolute Gasteiger partial charge is 0.508 e. The minimum absolute atomic E-state index is 0.0348. The number of fused-ring (bicyclic) bond motifs is 1. The smallest absolute Gasteiger partial charge is 0.115 e. The molecule has 2 heteroatoms. The van der Waals surface area contributed by atoms with Gasteiger partial charge in [0, 0.05) is 5.41 Å². The van der Waals surface area contributed by atoms with Crippen molar-refractivity contribution in [2.24, 2.45) is 23.7 Å². The van der Waals surface area contributed by atoms with E-state index < -0.39 is 0 Å². The minimum atomic E-state index is 0.0348. The lowest BCUT2D eigenvalue weighted by atomic mass is 9.49. The van der Waals surface area contributed by atoms with Gasteiger partial charge in [-0.1, -0.05) is 30.7 Å². The SMILES string of the molecule is Oc1ccc(C2(c3ccc(O)cc3)C3CCC4CC(C3)CC2C4)cc1. The molecule has 4 bridgehead atoms. The molecule has 2 nitrogen and oxygen atoms in total. The Morgan fingerprint density at radius 2 is 1.12 bits per heavy atom. The Morgan fingerprint density at radius 1 is 0.600 bits per heavy atom. The second-order valence-corrected chi connectivity index (χ2v) is 8.61. The topological polar surface area (TPSA) is 40.5 Å². The Balaban J connectivity index is 1.74. The summed E-state index contributed by atoms with van der Waals surface area (Å²) in [7, 11) is 0. The second kappa shape index (κ2) is 5.52. The predicted octanol–water partition coefficient (Wildman–Crippen LogP) is 5.23. The molecule has 4 atom stereocenters. The van der Waals surface area contributed by atoms with Crippen molar-refractivity contribution in [2.45, 2.75) is 43.9 Å². The maximum Gasteiger partial charge on any atom is 0.115 e. The molecule has 0 saturated heterocycles. The van der Waals surface area contributed by atoms with E-state index in [0.29, 0.717) is 23.3 Å². The maximum atomic E-state index is 9.82. The van der Waals surface area contributed by atoms with E-state index in [1.165, 1.54) is 49.7 Å². The molecular weight excluding hydrogens is 308 g/mol. The third-order valence-electron chi connectivity index (χ3n) is 7.42. The highest BCUT2D eigenvalue weighted by molar-refractivity contribution is 5.46. The van der Waals surface area contributed by atoms with Gasteiger partial charge in [0.15, 0.2) is 0 Å². The van der Waals surface area contributed by atoms with Crippen LogP contribution in [0.15, 0.2) is 48.5 Å². The van der Waals surface area contributed by atoms with Crippen LogP contribution in [0.5, 0.6) is 11.5 Å². The molecule has 4 aliphatic rings. The van der Waals surface area contributed by atoms with Gasteiger partial charge in [0.25, 0.3) is 0 Å².